The van der Waals surface area contributed by atoms with Crippen LogP contribution in [0.5, 0.6) is 0 Å². The van der Waals surface area contributed by atoms with Crippen molar-refractivity contribution in [3.8, 4) is 6.07 Å². The van der Waals surface area contributed by atoms with E-state index in [1.807, 2.05) is 6.07 Å². The molecule has 0 saturated heterocycles. The van der Waals surface area contributed by atoms with Crippen molar-refractivity contribution >= 4 is 17.4 Å². The highest BCUT2D eigenvalue weighted by atomic mass is 35.5. The maximum Gasteiger partial charge on any atom is 0.263 e. The van der Waals surface area contributed by atoms with E-state index in [1.54, 1.807) is 0 Å². The van der Waals surface area contributed by atoms with E-state index < -0.39 is 11.8 Å². The number of ketones is 1. The molecule has 1 aromatic rings. The summed E-state index contributed by atoms with van der Waals surface area (Å²) in [4.78, 5) is 11.2. The van der Waals surface area contributed by atoms with Crippen molar-refractivity contribution in [1.29, 1.82) is 5.26 Å². The molecule has 0 N–H and O–H groups in total. The topological polar surface area (TPSA) is 40.9 Å². The van der Waals surface area contributed by atoms with Gasteiger partial charge in [-0.25, -0.2) is 8.78 Å². The van der Waals surface area contributed by atoms with Crippen molar-refractivity contribution in [3.05, 3.63) is 34.9 Å². The van der Waals surface area contributed by atoms with E-state index >= 15 is 0 Å². The molecule has 0 spiro atoms. The molecular weight excluding hydrogens is 248 g/mol. The summed E-state index contributed by atoms with van der Waals surface area (Å²) in [6.45, 7) is 1.28. The predicted octanol–water partition coefficient (Wildman–Crippen LogP) is 3.56. The molecule has 0 aliphatic heterocycles. The zero-order valence-electron chi connectivity index (χ0n) is 9.08. The normalized spacial score (nSPS) is 12.2. The average molecular weight is 258 g/mol. The Morgan fingerprint density at radius 2 is 2.18 bits per heavy atom. The first kappa shape index (κ1) is 13.6. The van der Waals surface area contributed by atoms with Crippen LogP contribution in [0.25, 0.3) is 0 Å². The molecule has 0 aliphatic rings. The zero-order valence-corrected chi connectivity index (χ0v) is 9.84. The molecule has 1 unspecified atom stereocenters. The van der Waals surface area contributed by atoms with Gasteiger partial charge >= 0.3 is 0 Å². The Kier molecular flexibility index (Phi) is 4.59. The van der Waals surface area contributed by atoms with Crippen LogP contribution in [0, 0.1) is 11.3 Å². The fourth-order valence-corrected chi connectivity index (χ4v) is 1.65. The Hall–Kier alpha value is -1.47. The zero-order chi connectivity index (χ0) is 13.0. The van der Waals surface area contributed by atoms with Crippen LogP contribution in [-0.4, -0.2) is 5.78 Å². The second-order valence-corrected chi connectivity index (χ2v) is 4.00. The minimum atomic E-state index is -2.62. The monoisotopic (exact) mass is 257 g/mol. The van der Waals surface area contributed by atoms with E-state index in [2.05, 4.69) is 0 Å². The van der Waals surface area contributed by atoms with Crippen molar-refractivity contribution < 1.29 is 13.6 Å². The van der Waals surface area contributed by atoms with Crippen LogP contribution in [-0.2, 0) is 11.2 Å². The van der Waals surface area contributed by atoms with Crippen molar-refractivity contribution in [1.82, 2.24) is 0 Å². The highest BCUT2D eigenvalue weighted by Crippen LogP contribution is 2.29. The lowest BCUT2D eigenvalue weighted by atomic mass is 9.97. The average Bonchev–Trinajstić information content (AvgIpc) is 2.28. The highest BCUT2D eigenvalue weighted by Gasteiger charge is 2.19. The molecule has 90 valence electrons. The molecule has 5 heteroatoms. The molecule has 1 atom stereocenters. The Balaban J connectivity index is 3.25. The van der Waals surface area contributed by atoms with Crippen LogP contribution in [0.15, 0.2) is 18.2 Å². The lowest BCUT2D eigenvalue weighted by molar-refractivity contribution is -0.116. The molecule has 0 radical (unpaired) electrons. The first-order chi connectivity index (χ1) is 7.97. The summed E-state index contributed by atoms with van der Waals surface area (Å²) in [5.74, 6) is -0.336. The number of rotatable bonds is 4. The molecule has 0 bridgehead atoms. The molecule has 0 fully saturated rings. The van der Waals surface area contributed by atoms with E-state index in [4.69, 9.17) is 16.9 Å². The minimum absolute atomic E-state index is 0.0371. The fraction of sp³-hybridized carbons (Fsp3) is 0.333. The van der Waals surface area contributed by atoms with Crippen LogP contribution in [0.2, 0.25) is 0 Å². The molecule has 0 aliphatic carbocycles. The maximum atomic E-state index is 12.5. The number of nitriles is 1. The van der Waals surface area contributed by atoms with Gasteiger partial charge in [0.05, 0.1) is 12.5 Å². The van der Waals surface area contributed by atoms with Gasteiger partial charge in [0.1, 0.15) is 5.38 Å². The van der Waals surface area contributed by atoms with E-state index in [0.717, 1.165) is 0 Å². The molecule has 2 nitrogen and oxygen atoms in total. The Labute approximate surface area is 103 Å². The predicted molar refractivity (Wildman–Crippen MR) is 60.0 cm³/mol. The summed E-state index contributed by atoms with van der Waals surface area (Å²) in [5.41, 5.74) is 0.596. The standard InChI is InChI=1S/C12H10ClF2NO/c1-7(17)11(13)10-6-9(12(14)15)3-2-8(10)4-5-16/h2-3,6,11-12H,4H2,1H3. The number of hydrogen-bond donors (Lipinski definition) is 0. The van der Waals surface area contributed by atoms with Crippen LogP contribution in [0.4, 0.5) is 8.78 Å². The molecular formula is C12H10ClF2NO. The molecule has 0 aromatic heterocycles. The number of carbonyl (C=O) groups excluding carboxylic acids is 1. The number of halogens is 3. The first-order valence-electron chi connectivity index (χ1n) is 4.89. The van der Waals surface area contributed by atoms with Gasteiger partial charge in [-0.15, -0.1) is 11.6 Å². The van der Waals surface area contributed by atoms with Gasteiger partial charge in [-0.1, -0.05) is 12.1 Å². The largest absolute Gasteiger partial charge is 0.298 e. The quantitative estimate of drug-likeness (QED) is 0.774. The third kappa shape index (κ3) is 3.24. The van der Waals surface area contributed by atoms with Gasteiger partial charge in [0, 0.05) is 5.56 Å². The molecule has 0 amide bonds. The van der Waals surface area contributed by atoms with Crippen molar-refractivity contribution in [2.24, 2.45) is 0 Å². The number of carbonyl (C=O) groups is 1. The fourth-order valence-electron chi connectivity index (χ4n) is 1.45. The summed E-state index contributed by atoms with van der Waals surface area (Å²) in [6.07, 6.45) is -2.59. The number of alkyl halides is 3. The Morgan fingerprint density at radius 1 is 1.53 bits per heavy atom. The second kappa shape index (κ2) is 5.74. The van der Waals surface area contributed by atoms with Crippen LogP contribution >= 0.6 is 11.6 Å². The van der Waals surface area contributed by atoms with E-state index in [1.165, 1.54) is 25.1 Å². The molecule has 0 heterocycles. The third-order valence-electron chi connectivity index (χ3n) is 2.32. The molecule has 17 heavy (non-hydrogen) atoms. The van der Waals surface area contributed by atoms with Gasteiger partial charge in [-0.05, 0) is 24.1 Å². The third-order valence-corrected chi connectivity index (χ3v) is 2.86. The van der Waals surface area contributed by atoms with Crippen molar-refractivity contribution in [2.75, 3.05) is 0 Å². The van der Waals surface area contributed by atoms with Crippen LogP contribution in [0.1, 0.15) is 35.4 Å². The molecule has 1 aromatic carbocycles. The number of benzene rings is 1. The van der Waals surface area contributed by atoms with Gasteiger partial charge in [-0.3, -0.25) is 4.79 Å². The summed E-state index contributed by atoms with van der Waals surface area (Å²) in [6, 6.07) is 5.76. The summed E-state index contributed by atoms with van der Waals surface area (Å²) in [5, 5.41) is 7.63. The molecule has 0 saturated carbocycles. The van der Waals surface area contributed by atoms with Crippen molar-refractivity contribution in [2.45, 2.75) is 25.1 Å². The minimum Gasteiger partial charge on any atom is -0.298 e. The van der Waals surface area contributed by atoms with Gasteiger partial charge in [0.25, 0.3) is 6.43 Å². The summed E-state index contributed by atoms with van der Waals surface area (Å²) < 4.78 is 25.1. The van der Waals surface area contributed by atoms with E-state index in [9.17, 15) is 13.6 Å². The smallest absolute Gasteiger partial charge is 0.263 e. The summed E-state index contributed by atoms with van der Waals surface area (Å²) >= 11 is 5.85. The lowest BCUT2D eigenvalue weighted by Crippen LogP contribution is -2.06. The second-order valence-electron chi connectivity index (χ2n) is 3.57. The van der Waals surface area contributed by atoms with E-state index in [0.29, 0.717) is 11.1 Å². The first-order valence-corrected chi connectivity index (χ1v) is 5.33. The van der Waals surface area contributed by atoms with Gasteiger partial charge < -0.3 is 0 Å². The lowest BCUT2D eigenvalue weighted by Gasteiger charge is -2.12. The van der Waals surface area contributed by atoms with Gasteiger partial charge in [0.2, 0.25) is 0 Å². The van der Waals surface area contributed by atoms with Crippen LogP contribution < -0.4 is 0 Å². The summed E-state index contributed by atoms with van der Waals surface area (Å²) in [7, 11) is 0. The highest BCUT2D eigenvalue weighted by molar-refractivity contribution is 6.30. The van der Waals surface area contributed by atoms with Crippen molar-refractivity contribution in [3.63, 3.8) is 0 Å². The number of hydrogen-bond acceptors (Lipinski definition) is 2. The maximum absolute atomic E-state index is 12.5. The molecule has 1 rings (SSSR count). The Bertz CT molecular complexity index is 468. The number of nitrogens with zero attached hydrogens (tertiary/aromatic N) is 1. The van der Waals surface area contributed by atoms with Crippen LogP contribution in [0.3, 0.4) is 0 Å². The Morgan fingerprint density at radius 3 is 2.65 bits per heavy atom. The van der Waals surface area contributed by atoms with E-state index in [-0.39, 0.29) is 17.8 Å². The SMILES string of the molecule is CC(=O)C(Cl)c1cc(C(F)F)ccc1CC#N. The van der Waals surface area contributed by atoms with Gasteiger partial charge in [-0.2, -0.15) is 5.26 Å². The van der Waals surface area contributed by atoms with Gasteiger partial charge in [0.15, 0.2) is 5.78 Å². The number of Topliss-reactive ketones (excluding diaryl/α,β-unsaturated/α-hetero) is 1.